The van der Waals surface area contributed by atoms with Crippen molar-refractivity contribution in [2.24, 2.45) is 0 Å². The van der Waals surface area contributed by atoms with Crippen LogP contribution in [-0.2, 0) is 6.54 Å². The molecule has 0 amide bonds. The fourth-order valence-corrected chi connectivity index (χ4v) is 2.58. The molecule has 4 heteroatoms. The summed E-state index contributed by atoms with van der Waals surface area (Å²) in [7, 11) is 1.68. The number of halogens is 1. The Morgan fingerprint density at radius 3 is 2.90 bits per heavy atom. The molecule has 2 N–H and O–H groups in total. The van der Waals surface area contributed by atoms with Gasteiger partial charge in [-0.05, 0) is 41.3 Å². The third-order valence-electron chi connectivity index (χ3n) is 3.26. The van der Waals surface area contributed by atoms with Crippen molar-refractivity contribution in [1.29, 1.82) is 0 Å². The normalized spacial score (nSPS) is 10.7. The molecule has 0 bridgehead atoms. The van der Waals surface area contributed by atoms with E-state index in [4.69, 9.17) is 4.74 Å². The van der Waals surface area contributed by atoms with Crippen molar-refractivity contribution in [3.63, 3.8) is 0 Å². The lowest BCUT2D eigenvalue weighted by molar-refractivity contribution is 0.416. The van der Waals surface area contributed by atoms with Crippen molar-refractivity contribution in [3.05, 3.63) is 58.7 Å². The third-order valence-corrected chi connectivity index (χ3v) is 3.76. The Bertz CT molecular complexity index is 736. The van der Waals surface area contributed by atoms with Gasteiger partial charge in [0.2, 0.25) is 0 Å². The van der Waals surface area contributed by atoms with Gasteiger partial charge >= 0.3 is 0 Å². The summed E-state index contributed by atoms with van der Waals surface area (Å²) in [6.45, 7) is 0.752. The van der Waals surface area contributed by atoms with Crippen molar-refractivity contribution in [2.45, 2.75) is 6.54 Å². The lowest BCUT2D eigenvalue weighted by Gasteiger charge is -2.11. The van der Waals surface area contributed by atoms with E-state index in [9.17, 15) is 0 Å². The van der Waals surface area contributed by atoms with E-state index in [1.54, 1.807) is 7.11 Å². The third kappa shape index (κ3) is 2.65. The summed E-state index contributed by atoms with van der Waals surface area (Å²) in [5, 5.41) is 4.64. The Morgan fingerprint density at radius 2 is 2.05 bits per heavy atom. The van der Waals surface area contributed by atoms with E-state index in [2.05, 4.69) is 50.5 Å². The van der Waals surface area contributed by atoms with Gasteiger partial charge in [0.1, 0.15) is 5.75 Å². The molecule has 0 atom stereocenters. The molecule has 3 nitrogen and oxygen atoms in total. The van der Waals surface area contributed by atoms with Gasteiger partial charge in [0.05, 0.1) is 12.8 Å². The molecular weight excluding hydrogens is 316 g/mol. The van der Waals surface area contributed by atoms with Crippen LogP contribution in [0.4, 0.5) is 5.69 Å². The molecule has 0 saturated heterocycles. The van der Waals surface area contributed by atoms with Crippen molar-refractivity contribution < 1.29 is 4.74 Å². The van der Waals surface area contributed by atoms with Crippen LogP contribution in [0.15, 0.2) is 53.1 Å². The molecule has 0 aliphatic carbocycles. The van der Waals surface area contributed by atoms with Crippen LogP contribution in [0.1, 0.15) is 5.56 Å². The highest BCUT2D eigenvalue weighted by Crippen LogP contribution is 2.28. The first-order chi connectivity index (χ1) is 9.76. The first-order valence-corrected chi connectivity index (χ1v) is 7.19. The van der Waals surface area contributed by atoms with Crippen LogP contribution in [0.2, 0.25) is 0 Å². The zero-order valence-corrected chi connectivity index (χ0v) is 12.7. The monoisotopic (exact) mass is 330 g/mol. The topological polar surface area (TPSA) is 37.0 Å². The van der Waals surface area contributed by atoms with Crippen molar-refractivity contribution in [1.82, 2.24) is 4.98 Å². The number of fused-ring (bicyclic) bond motifs is 1. The van der Waals surface area contributed by atoms with Crippen LogP contribution in [0.3, 0.4) is 0 Å². The van der Waals surface area contributed by atoms with Crippen LogP contribution in [0, 0.1) is 0 Å². The van der Waals surface area contributed by atoms with Crippen LogP contribution in [0.25, 0.3) is 10.9 Å². The number of methoxy groups -OCH3 is 1. The fraction of sp³-hybridized carbons (Fsp3) is 0.125. The standard InChI is InChI=1S/C16H15BrN2O/c1-20-16-5-4-13(17)9-15(16)19-10-11-2-3-12-6-7-18-14(12)8-11/h2-9,18-19H,10H2,1H3. The van der Waals surface area contributed by atoms with E-state index in [1.807, 2.05) is 24.4 Å². The molecule has 3 rings (SSSR count). The van der Waals surface area contributed by atoms with E-state index < -0.39 is 0 Å². The van der Waals surface area contributed by atoms with E-state index in [1.165, 1.54) is 10.9 Å². The van der Waals surface area contributed by atoms with Gasteiger partial charge in [-0.15, -0.1) is 0 Å². The number of ether oxygens (including phenoxy) is 1. The number of anilines is 1. The molecule has 1 aromatic heterocycles. The minimum Gasteiger partial charge on any atom is -0.495 e. The molecule has 0 saturated carbocycles. The predicted molar refractivity (Wildman–Crippen MR) is 86.3 cm³/mol. The van der Waals surface area contributed by atoms with Crippen molar-refractivity contribution >= 4 is 32.5 Å². The zero-order valence-electron chi connectivity index (χ0n) is 11.1. The molecule has 0 radical (unpaired) electrons. The van der Waals surface area contributed by atoms with Gasteiger partial charge < -0.3 is 15.0 Å². The summed E-state index contributed by atoms with van der Waals surface area (Å²) < 4.78 is 6.39. The highest BCUT2D eigenvalue weighted by molar-refractivity contribution is 9.10. The summed E-state index contributed by atoms with van der Waals surface area (Å²) in [6, 6.07) is 14.4. The van der Waals surface area contributed by atoms with Gasteiger partial charge in [-0.3, -0.25) is 0 Å². The Hall–Kier alpha value is -1.94. The first-order valence-electron chi connectivity index (χ1n) is 6.40. The van der Waals surface area contributed by atoms with Gasteiger partial charge in [-0.25, -0.2) is 0 Å². The first kappa shape index (κ1) is 13.1. The number of hydrogen-bond acceptors (Lipinski definition) is 2. The van der Waals surface area contributed by atoms with E-state index in [0.717, 1.165) is 28.0 Å². The lowest BCUT2D eigenvalue weighted by atomic mass is 10.1. The lowest BCUT2D eigenvalue weighted by Crippen LogP contribution is -2.01. The maximum Gasteiger partial charge on any atom is 0.142 e. The second kappa shape index (κ2) is 5.59. The Morgan fingerprint density at radius 1 is 1.15 bits per heavy atom. The van der Waals surface area contributed by atoms with Crippen molar-refractivity contribution in [2.75, 3.05) is 12.4 Å². The maximum absolute atomic E-state index is 5.36. The van der Waals surface area contributed by atoms with Crippen molar-refractivity contribution in [3.8, 4) is 5.75 Å². The highest BCUT2D eigenvalue weighted by atomic mass is 79.9. The Balaban J connectivity index is 1.80. The van der Waals surface area contributed by atoms with E-state index >= 15 is 0 Å². The van der Waals surface area contributed by atoms with Gasteiger partial charge in [-0.1, -0.05) is 28.1 Å². The molecule has 0 spiro atoms. The van der Waals surface area contributed by atoms with Gasteiger partial charge in [0, 0.05) is 22.7 Å². The Labute approximate surface area is 126 Å². The zero-order chi connectivity index (χ0) is 13.9. The summed E-state index contributed by atoms with van der Waals surface area (Å²) in [5.41, 5.74) is 3.36. The molecule has 1 heterocycles. The van der Waals surface area contributed by atoms with Crippen LogP contribution in [0.5, 0.6) is 5.75 Å². The number of benzene rings is 2. The minimum atomic E-state index is 0.752. The summed E-state index contributed by atoms with van der Waals surface area (Å²) in [4.78, 5) is 3.23. The molecule has 0 fully saturated rings. The number of rotatable bonds is 4. The molecule has 0 aliphatic rings. The molecule has 3 aromatic rings. The summed E-state index contributed by atoms with van der Waals surface area (Å²) >= 11 is 3.48. The molecule has 0 unspecified atom stereocenters. The van der Waals surface area contributed by atoms with Gasteiger partial charge in [0.15, 0.2) is 0 Å². The second-order valence-corrected chi connectivity index (χ2v) is 5.51. The summed E-state index contributed by atoms with van der Waals surface area (Å²) in [5.74, 6) is 0.842. The largest absolute Gasteiger partial charge is 0.495 e. The second-order valence-electron chi connectivity index (χ2n) is 4.60. The van der Waals surface area contributed by atoms with Gasteiger partial charge in [-0.2, -0.15) is 0 Å². The number of aromatic nitrogens is 1. The number of hydrogen-bond donors (Lipinski definition) is 2. The molecule has 102 valence electrons. The molecule has 0 aliphatic heterocycles. The van der Waals surface area contributed by atoms with Gasteiger partial charge in [0.25, 0.3) is 0 Å². The van der Waals surface area contributed by atoms with Crippen LogP contribution >= 0.6 is 15.9 Å². The molecule has 20 heavy (non-hydrogen) atoms. The Kier molecular flexibility index (Phi) is 3.65. The summed E-state index contributed by atoms with van der Waals surface area (Å²) in [6.07, 6.45) is 1.96. The quantitative estimate of drug-likeness (QED) is 0.736. The average molecular weight is 331 g/mol. The SMILES string of the molecule is COc1ccc(Br)cc1NCc1ccc2cc[nH]c2c1. The van der Waals surface area contributed by atoms with Crippen LogP contribution < -0.4 is 10.1 Å². The number of H-pyrrole nitrogens is 1. The number of nitrogens with one attached hydrogen (secondary N) is 2. The maximum atomic E-state index is 5.36. The highest BCUT2D eigenvalue weighted by Gasteiger charge is 2.04. The fourth-order valence-electron chi connectivity index (χ4n) is 2.22. The number of aromatic amines is 1. The predicted octanol–water partition coefficient (Wildman–Crippen LogP) is 4.55. The smallest absolute Gasteiger partial charge is 0.142 e. The molecular formula is C16H15BrN2O. The molecule has 2 aromatic carbocycles. The van der Waals surface area contributed by atoms with E-state index in [0.29, 0.717) is 0 Å². The van der Waals surface area contributed by atoms with E-state index in [-0.39, 0.29) is 0 Å². The van der Waals surface area contributed by atoms with Crippen LogP contribution in [-0.4, -0.2) is 12.1 Å². The average Bonchev–Trinajstić information content (AvgIpc) is 2.92. The minimum absolute atomic E-state index is 0.752.